The van der Waals surface area contributed by atoms with Crippen molar-refractivity contribution in [2.45, 2.75) is 26.8 Å². The van der Waals surface area contributed by atoms with Crippen LogP contribution in [0.2, 0.25) is 0 Å². The Morgan fingerprint density at radius 1 is 1.00 bits per heavy atom. The maximum Gasteiger partial charge on any atom is 0.254 e. The van der Waals surface area contributed by atoms with Crippen molar-refractivity contribution in [3.63, 3.8) is 0 Å². The van der Waals surface area contributed by atoms with Gasteiger partial charge in [0.1, 0.15) is 12.1 Å². The molecule has 5 rings (SSSR count). The Kier molecular flexibility index (Phi) is 4.66. The molecule has 154 valence electrons. The van der Waals surface area contributed by atoms with Crippen LogP contribution < -0.4 is 4.90 Å². The van der Waals surface area contributed by atoms with E-state index < -0.39 is 0 Å². The molecule has 1 aliphatic rings. The molecule has 0 amide bonds. The first-order chi connectivity index (χ1) is 14.6. The Morgan fingerprint density at radius 3 is 2.53 bits per heavy atom. The van der Waals surface area contributed by atoms with Gasteiger partial charge in [-0.15, -0.1) is 10.2 Å². The smallest absolute Gasteiger partial charge is 0.254 e. The first-order valence-electron chi connectivity index (χ1n) is 10.2. The third kappa shape index (κ3) is 3.41. The molecule has 0 saturated carbocycles. The van der Waals surface area contributed by atoms with Crippen molar-refractivity contribution in [1.29, 1.82) is 0 Å². The van der Waals surface area contributed by atoms with Gasteiger partial charge in [0, 0.05) is 43.5 Å². The molecule has 1 fully saturated rings. The Bertz CT molecular complexity index is 1160. The number of aryl methyl sites for hydroxylation is 2. The van der Waals surface area contributed by atoms with Crippen LogP contribution in [0.3, 0.4) is 0 Å². The summed E-state index contributed by atoms with van der Waals surface area (Å²) in [5.41, 5.74) is 3.09. The molecule has 0 radical (unpaired) electrons. The van der Waals surface area contributed by atoms with Crippen LogP contribution in [-0.4, -0.2) is 60.9 Å². The fourth-order valence-electron chi connectivity index (χ4n) is 3.85. The summed E-state index contributed by atoms with van der Waals surface area (Å²) in [6.45, 7) is 9.70. The van der Waals surface area contributed by atoms with Crippen LogP contribution in [0, 0.1) is 13.8 Å². The molecule has 1 saturated heterocycles. The van der Waals surface area contributed by atoms with E-state index in [4.69, 9.17) is 4.42 Å². The average molecular weight is 404 g/mol. The molecular formula is C21H24N8O. The zero-order valence-electron chi connectivity index (χ0n) is 17.4. The SMILES string of the molecule is Cc1ccc(-c2nnc(C(C)N3CCN(c4cc(C)nc5ncnn45)CC3)o2)cc1. The number of aromatic nitrogens is 6. The molecule has 0 aliphatic carbocycles. The Labute approximate surface area is 174 Å². The van der Waals surface area contributed by atoms with Crippen molar-refractivity contribution in [2.75, 3.05) is 31.1 Å². The first kappa shape index (κ1) is 18.7. The molecule has 1 aromatic carbocycles. The lowest BCUT2D eigenvalue weighted by Gasteiger charge is -2.37. The van der Waals surface area contributed by atoms with Gasteiger partial charge in [0.15, 0.2) is 0 Å². The molecule has 30 heavy (non-hydrogen) atoms. The highest BCUT2D eigenvalue weighted by Gasteiger charge is 2.27. The second kappa shape index (κ2) is 7.49. The summed E-state index contributed by atoms with van der Waals surface area (Å²) in [5.74, 6) is 2.88. The minimum Gasteiger partial charge on any atom is -0.419 e. The highest BCUT2D eigenvalue weighted by Crippen LogP contribution is 2.26. The number of fused-ring (bicyclic) bond motifs is 1. The van der Waals surface area contributed by atoms with Gasteiger partial charge in [-0.25, -0.2) is 4.98 Å². The van der Waals surface area contributed by atoms with E-state index in [1.54, 1.807) is 10.8 Å². The van der Waals surface area contributed by atoms with Crippen LogP contribution in [0.4, 0.5) is 5.82 Å². The number of hydrogen-bond acceptors (Lipinski definition) is 8. The minimum atomic E-state index is 0.0596. The fraction of sp³-hybridized carbons (Fsp3) is 0.381. The number of benzene rings is 1. The lowest BCUT2D eigenvalue weighted by Crippen LogP contribution is -2.47. The van der Waals surface area contributed by atoms with Crippen molar-refractivity contribution in [1.82, 2.24) is 34.7 Å². The molecular weight excluding hydrogens is 380 g/mol. The Morgan fingerprint density at radius 2 is 1.77 bits per heavy atom. The monoisotopic (exact) mass is 404 g/mol. The average Bonchev–Trinajstić information content (AvgIpc) is 3.43. The molecule has 1 aliphatic heterocycles. The number of nitrogens with zero attached hydrogens (tertiary/aromatic N) is 8. The normalized spacial score (nSPS) is 16.3. The van der Waals surface area contributed by atoms with Gasteiger partial charge in [-0.3, -0.25) is 4.90 Å². The van der Waals surface area contributed by atoms with E-state index in [2.05, 4.69) is 67.1 Å². The van der Waals surface area contributed by atoms with Crippen molar-refractivity contribution >= 4 is 11.6 Å². The Balaban J connectivity index is 1.28. The van der Waals surface area contributed by atoms with Gasteiger partial charge in [-0.2, -0.15) is 14.6 Å². The topological polar surface area (TPSA) is 88.5 Å². The zero-order valence-corrected chi connectivity index (χ0v) is 17.4. The van der Waals surface area contributed by atoms with E-state index in [1.165, 1.54) is 5.56 Å². The van der Waals surface area contributed by atoms with E-state index in [-0.39, 0.29) is 6.04 Å². The van der Waals surface area contributed by atoms with Gasteiger partial charge in [-0.1, -0.05) is 17.7 Å². The summed E-state index contributed by atoms with van der Waals surface area (Å²) in [4.78, 5) is 13.4. The fourth-order valence-corrected chi connectivity index (χ4v) is 3.85. The van der Waals surface area contributed by atoms with Gasteiger partial charge in [0.05, 0.1) is 6.04 Å². The van der Waals surface area contributed by atoms with Crippen LogP contribution >= 0.6 is 0 Å². The van der Waals surface area contributed by atoms with Gasteiger partial charge >= 0.3 is 0 Å². The van der Waals surface area contributed by atoms with Crippen LogP contribution in [0.1, 0.15) is 30.1 Å². The van der Waals surface area contributed by atoms with Gasteiger partial charge in [0.2, 0.25) is 11.8 Å². The maximum atomic E-state index is 5.99. The molecule has 1 atom stereocenters. The lowest BCUT2D eigenvalue weighted by atomic mass is 10.1. The number of hydrogen-bond donors (Lipinski definition) is 0. The predicted octanol–water partition coefficient (Wildman–Crippen LogP) is 2.67. The van der Waals surface area contributed by atoms with Gasteiger partial charge < -0.3 is 9.32 Å². The molecule has 9 heteroatoms. The van der Waals surface area contributed by atoms with Crippen LogP contribution in [0.25, 0.3) is 17.2 Å². The van der Waals surface area contributed by atoms with Crippen LogP contribution in [0.15, 0.2) is 41.1 Å². The molecule has 4 aromatic rings. The van der Waals surface area contributed by atoms with E-state index in [1.807, 2.05) is 19.1 Å². The third-order valence-corrected chi connectivity index (χ3v) is 5.64. The summed E-state index contributed by atoms with van der Waals surface area (Å²) in [5, 5.41) is 12.9. The lowest BCUT2D eigenvalue weighted by molar-refractivity contribution is 0.173. The molecule has 0 N–H and O–H groups in total. The summed E-state index contributed by atoms with van der Waals surface area (Å²) >= 11 is 0. The highest BCUT2D eigenvalue weighted by molar-refractivity contribution is 5.53. The second-order valence-electron chi connectivity index (χ2n) is 7.74. The van der Waals surface area contributed by atoms with E-state index in [0.717, 1.165) is 43.3 Å². The first-order valence-corrected chi connectivity index (χ1v) is 10.2. The van der Waals surface area contributed by atoms with Gasteiger partial charge in [0.25, 0.3) is 5.78 Å². The third-order valence-electron chi connectivity index (χ3n) is 5.64. The Hall–Kier alpha value is -3.33. The number of anilines is 1. The van der Waals surface area contributed by atoms with E-state index >= 15 is 0 Å². The minimum absolute atomic E-state index is 0.0596. The summed E-state index contributed by atoms with van der Waals surface area (Å²) in [6, 6.07) is 10.2. The molecule has 4 heterocycles. The number of rotatable bonds is 4. The molecule has 1 unspecified atom stereocenters. The summed E-state index contributed by atoms with van der Waals surface area (Å²) in [6.07, 6.45) is 1.55. The summed E-state index contributed by atoms with van der Waals surface area (Å²) < 4.78 is 7.79. The predicted molar refractivity (Wildman–Crippen MR) is 112 cm³/mol. The second-order valence-corrected chi connectivity index (χ2v) is 7.74. The molecule has 0 bridgehead atoms. The van der Waals surface area contributed by atoms with Crippen LogP contribution in [0.5, 0.6) is 0 Å². The zero-order chi connectivity index (χ0) is 20.7. The molecule has 3 aromatic heterocycles. The van der Waals surface area contributed by atoms with Crippen LogP contribution in [-0.2, 0) is 0 Å². The molecule has 9 nitrogen and oxygen atoms in total. The van der Waals surface area contributed by atoms with Crippen molar-refractivity contribution in [2.24, 2.45) is 0 Å². The standard InChI is InChI=1S/C21H24N8O/c1-14-4-6-17(7-5-14)20-26-25-19(30-20)16(3)27-8-10-28(11-9-27)18-12-15(2)24-21-22-13-23-29(18)21/h4-7,12-13,16H,8-11H2,1-3H3. The highest BCUT2D eigenvalue weighted by atomic mass is 16.4. The van der Waals surface area contributed by atoms with E-state index in [9.17, 15) is 0 Å². The van der Waals surface area contributed by atoms with E-state index in [0.29, 0.717) is 17.6 Å². The van der Waals surface area contributed by atoms with Crippen molar-refractivity contribution in [3.8, 4) is 11.5 Å². The quantitative estimate of drug-likeness (QED) is 0.513. The van der Waals surface area contributed by atoms with Crippen molar-refractivity contribution in [3.05, 3.63) is 53.8 Å². The number of piperazine rings is 1. The summed E-state index contributed by atoms with van der Waals surface area (Å²) in [7, 11) is 0. The largest absolute Gasteiger partial charge is 0.419 e. The van der Waals surface area contributed by atoms with Crippen molar-refractivity contribution < 1.29 is 4.42 Å². The molecule has 0 spiro atoms. The maximum absolute atomic E-state index is 5.99. The van der Waals surface area contributed by atoms with Gasteiger partial charge in [-0.05, 0) is 32.9 Å².